The number of hydrogen-bond acceptors (Lipinski definition) is 5. The second kappa shape index (κ2) is 9.30. The third-order valence-corrected chi connectivity index (χ3v) is 4.41. The van der Waals surface area contributed by atoms with Crippen LogP contribution >= 0.6 is 0 Å². The molecule has 0 saturated carbocycles. The van der Waals surface area contributed by atoms with Crippen molar-refractivity contribution in [3.8, 4) is 11.5 Å². The van der Waals surface area contributed by atoms with E-state index >= 15 is 0 Å². The molecule has 1 amide bonds. The van der Waals surface area contributed by atoms with Crippen LogP contribution in [0.25, 0.3) is 0 Å². The summed E-state index contributed by atoms with van der Waals surface area (Å²) in [5, 5.41) is 0. The molecule has 6 nitrogen and oxygen atoms in total. The molecule has 0 spiro atoms. The third-order valence-electron chi connectivity index (χ3n) is 4.41. The van der Waals surface area contributed by atoms with Crippen molar-refractivity contribution >= 4 is 11.9 Å². The molecule has 1 heterocycles. The number of carbonyl (C=O) groups excluding carboxylic acids is 2. The van der Waals surface area contributed by atoms with Gasteiger partial charge in [-0.2, -0.15) is 0 Å². The quantitative estimate of drug-likeness (QED) is 0.708. The highest BCUT2D eigenvalue weighted by Crippen LogP contribution is 2.28. The van der Waals surface area contributed by atoms with Gasteiger partial charge < -0.3 is 19.1 Å². The Bertz CT molecular complexity index is 581. The van der Waals surface area contributed by atoms with Gasteiger partial charge in [-0.3, -0.25) is 9.59 Å². The van der Waals surface area contributed by atoms with Gasteiger partial charge >= 0.3 is 5.97 Å². The Morgan fingerprint density at radius 1 is 1.16 bits per heavy atom. The molecule has 1 aliphatic rings. The van der Waals surface area contributed by atoms with Gasteiger partial charge in [0.2, 0.25) is 0 Å². The van der Waals surface area contributed by atoms with Gasteiger partial charge in [-0.05, 0) is 38.3 Å². The van der Waals surface area contributed by atoms with E-state index < -0.39 is 6.10 Å². The fraction of sp³-hybridized carbons (Fsp3) is 0.579. The Morgan fingerprint density at radius 2 is 1.80 bits per heavy atom. The third kappa shape index (κ3) is 4.87. The highest BCUT2D eigenvalue weighted by atomic mass is 16.5. The Hall–Kier alpha value is -2.24. The highest BCUT2D eigenvalue weighted by molar-refractivity contribution is 5.82. The van der Waals surface area contributed by atoms with Crippen molar-refractivity contribution in [2.45, 2.75) is 39.2 Å². The van der Waals surface area contributed by atoms with Gasteiger partial charge in [0.15, 0.2) is 17.6 Å². The van der Waals surface area contributed by atoms with E-state index in [1.807, 2.05) is 19.1 Å². The van der Waals surface area contributed by atoms with Gasteiger partial charge in [-0.15, -0.1) is 0 Å². The number of methoxy groups -OCH3 is 1. The summed E-state index contributed by atoms with van der Waals surface area (Å²) in [5.41, 5.74) is 0. The molecular weight excluding hydrogens is 322 g/mol. The number of likely N-dealkylation sites (tertiary alicyclic amines) is 1. The maximum atomic E-state index is 12.8. The Labute approximate surface area is 149 Å². The van der Waals surface area contributed by atoms with E-state index in [1.54, 1.807) is 31.1 Å². The summed E-state index contributed by atoms with van der Waals surface area (Å²) in [7, 11) is 1.57. The number of nitrogens with zero attached hydrogens (tertiary/aromatic N) is 1. The van der Waals surface area contributed by atoms with Crippen molar-refractivity contribution in [1.82, 2.24) is 4.90 Å². The molecule has 0 bridgehead atoms. The molecule has 0 N–H and O–H groups in total. The van der Waals surface area contributed by atoms with Crippen molar-refractivity contribution in [3.63, 3.8) is 0 Å². The first-order valence-electron chi connectivity index (χ1n) is 8.85. The zero-order chi connectivity index (χ0) is 18.2. The second-order valence-electron chi connectivity index (χ2n) is 6.02. The largest absolute Gasteiger partial charge is 0.493 e. The number of rotatable bonds is 7. The molecule has 1 fully saturated rings. The maximum absolute atomic E-state index is 12.8. The maximum Gasteiger partial charge on any atom is 0.309 e. The summed E-state index contributed by atoms with van der Waals surface area (Å²) in [6, 6.07) is 7.30. The van der Waals surface area contributed by atoms with Crippen LogP contribution in [0.5, 0.6) is 11.5 Å². The molecule has 1 aliphatic heterocycles. The Kier molecular flexibility index (Phi) is 7.10. The van der Waals surface area contributed by atoms with E-state index in [0.717, 1.165) is 0 Å². The van der Waals surface area contributed by atoms with Crippen LogP contribution in [-0.2, 0) is 14.3 Å². The molecule has 0 aromatic heterocycles. The molecule has 1 aromatic carbocycles. The lowest BCUT2D eigenvalue weighted by molar-refractivity contribution is -0.152. The minimum atomic E-state index is -0.560. The van der Waals surface area contributed by atoms with Gasteiger partial charge in [-0.25, -0.2) is 0 Å². The summed E-state index contributed by atoms with van der Waals surface area (Å²) in [6.07, 6.45) is 1.27. The van der Waals surface area contributed by atoms with Crippen LogP contribution in [0, 0.1) is 5.92 Å². The van der Waals surface area contributed by atoms with Gasteiger partial charge in [-0.1, -0.05) is 19.1 Å². The van der Waals surface area contributed by atoms with Crippen molar-refractivity contribution in [2.24, 2.45) is 5.92 Å². The highest BCUT2D eigenvalue weighted by Gasteiger charge is 2.32. The lowest BCUT2D eigenvalue weighted by atomic mass is 9.96. The average molecular weight is 349 g/mol. The molecule has 2 rings (SSSR count). The monoisotopic (exact) mass is 349 g/mol. The first-order valence-corrected chi connectivity index (χ1v) is 8.85. The molecule has 1 atom stereocenters. The molecule has 0 radical (unpaired) electrons. The van der Waals surface area contributed by atoms with E-state index in [1.165, 1.54) is 0 Å². The van der Waals surface area contributed by atoms with E-state index in [-0.39, 0.29) is 17.8 Å². The first-order chi connectivity index (χ1) is 12.1. The van der Waals surface area contributed by atoms with Crippen LogP contribution < -0.4 is 9.47 Å². The molecule has 25 heavy (non-hydrogen) atoms. The van der Waals surface area contributed by atoms with E-state index in [2.05, 4.69) is 0 Å². The van der Waals surface area contributed by atoms with Crippen LogP contribution in [0.1, 0.15) is 33.1 Å². The van der Waals surface area contributed by atoms with Crippen molar-refractivity contribution in [2.75, 3.05) is 26.8 Å². The first kappa shape index (κ1) is 19.1. The van der Waals surface area contributed by atoms with Crippen molar-refractivity contribution in [1.29, 1.82) is 0 Å². The predicted octanol–water partition coefficient (Wildman–Crippen LogP) is 2.65. The molecule has 1 aromatic rings. The molecule has 0 aliphatic carbocycles. The number of para-hydroxylation sites is 2. The average Bonchev–Trinajstić information content (AvgIpc) is 2.66. The standard InChI is InChI=1S/C19H27NO5/c1-4-15(25-17-9-7-6-8-16(17)23-3)18(21)20-12-10-14(11-13-20)19(22)24-5-2/h6-9,14-15H,4-5,10-13H2,1-3H3/t15-/m0/s1. The molecule has 6 heteroatoms. The summed E-state index contributed by atoms with van der Waals surface area (Å²) in [5.74, 6) is 0.850. The number of ether oxygens (including phenoxy) is 3. The van der Waals surface area contributed by atoms with Crippen LogP contribution in [0.15, 0.2) is 24.3 Å². The van der Waals surface area contributed by atoms with E-state index in [0.29, 0.717) is 50.5 Å². The van der Waals surface area contributed by atoms with E-state index in [9.17, 15) is 9.59 Å². The zero-order valence-electron chi connectivity index (χ0n) is 15.2. The minimum Gasteiger partial charge on any atom is -0.493 e. The van der Waals surface area contributed by atoms with Crippen LogP contribution in [0.3, 0.4) is 0 Å². The van der Waals surface area contributed by atoms with Crippen LogP contribution in [0.4, 0.5) is 0 Å². The lowest BCUT2D eigenvalue weighted by Gasteiger charge is -2.33. The summed E-state index contributed by atoms with van der Waals surface area (Å²) < 4.78 is 16.3. The second-order valence-corrected chi connectivity index (χ2v) is 6.02. The number of amides is 1. The lowest BCUT2D eigenvalue weighted by Crippen LogP contribution is -2.46. The number of hydrogen-bond donors (Lipinski definition) is 0. The zero-order valence-corrected chi connectivity index (χ0v) is 15.2. The van der Waals surface area contributed by atoms with Crippen molar-refractivity contribution < 1.29 is 23.8 Å². The van der Waals surface area contributed by atoms with Gasteiger partial charge in [0.1, 0.15) is 0 Å². The van der Waals surface area contributed by atoms with Gasteiger partial charge in [0, 0.05) is 13.1 Å². The van der Waals surface area contributed by atoms with Crippen LogP contribution in [0.2, 0.25) is 0 Å². The number of carbonyl (C=O) groups is 2. The Morgan fingerprint density at radius 3 is 2.36 bits per heavy atom. The van der Waals surface area contributed by atoms with Crippen LogP contribution in [-0.4, -0.2) is 49.7 Å². The summed E-state index contributed by atoms with van der Waals surface area (Å²) in [4.78, 5) is 26.4. The molecular formula is C19H27NO5. The SMILES string of the molecule is CCOC(=O)C1CCN(C(=O)[C@H](CC)Oc2ccccc2OC)CC1. The normalized spacial score (nSPS) is 16.2. The smallest absolute Gasteiger partial charge is 0.309 e. The number of piperidine rings is 1. The van der Waals surface area contributed by atoms with Gasteiger partial charge in [0.05, 0.1) is 19.6 Å². The summed E-state index contributed by atoms with van der Waals surface area (Å²) in [6.45, 7) is 5.21. The van der Waals surface area contributed by atoms with E-state index in [4.69, 9.17) is 14.2 Å². The molecule has 1 saturated heterocycles. The predicted molar refractivity (Wildman–Crippen MR) is 93.6 cm³/mol. The molecule has 0 unspecified atom stereocenters. The molecule has 138 valence electrons. The van der Waals surface area contributed by atoms with Crippen molar-refractivity contribution in [3.05, 3.63) is 24.3 Å². The Balaban J connectivity index is 1.95. The number of esters is 1. The fourth-order valence-corrected chi connectivity index (χ4v) is 2.98. The topological polar surface area (TPSA) is 65.1 Å². The fourth-order valence-electron chi connectivity index (χ4n) is 2.98. The minimum absolute atomic E-state index is 0.0456. The van der Waals surface area contributed by atoms with Gasteiger partial charge in [0.25, 0.3) is 5.91 Å². The summed E-state index contributed by atoms with van der Waals surface area (Å²) >= 11 is 0. The number of benzene rings is 1.